The molecule has 0 radical (unpaired) electrons. The van der Waals surface area contributed by atoms with Crippen molar-refractivity contribution in [1.82, 2.24) is 29.5 Å². The van der Waals surface area contributed by atoms with Crippen LogP contribution in [-0.2, 0) is 36.5 Å². The lowest BCUT2D eigenvalue weighted by Gasteiger charge is -2.45. The molecule has 4 heterocycles. The number of anilines is 2. The highest BCUT2D eigenvalue weighted by atomic mass is 35.5. The van der Waals surface area contributed by atoms with E-state index in [2.05, 4.69) is 23.0 Å². The molecule has 0 saturated heterocycles. The first-order valence-corrected chi connectivity index (χ1v) is 15.8. The van der Waals surface area contributed by atoms with Gasteiger partial charge >= 0.3 is 6.01 Å². The highest BCUT2D eigenvalue weighted by Crippen LogP contribution is 2.51. The molecule has 0 unspecified atom stereocenters. The Labute approximate surface area is 268 Å². The van der Waals surface area contributed by atoms with E-state index < -0.39 is 5.60 Å². The van der Waals surface area contributed by atoms with Crippen LogP contribution in [0.4, 0.5) is 11.5 Å². The zero-order chi connectivity index (χ0) is 32.0. The molecule has 2 atom stereocenters. The number of nitrogens with zero attached hydrogens (tertiary/aromatic N) is 8. The Morgan fingerprint density at radius 2 is 2.07 bits per heavy atom. The molecule has 45 heavy (non-hydrogen) atoms. The number of hydrogen-bond donors (Lipinski definition) is 1. The molecular weight excluding hydrogens is 594 g/mol. The summed E-state index contributed by atoms with van der Waals surface area (Å²) in [7, 11) is 7.35. The normalized spacial score (nSPS) is 20.7. The van der Waals surface area contributed by atoms with Gasteiger partial charge in [-0.3, -0.25) is 9.48 Å². The van der Waals surface area contributed by atoms with Crippen molar-refractivity contribution in [2.45, 2.75) is 63.8 Å². The molecule has 1 aromatic carbocycles. The molecular formula is C32H40ClN9O3. The van der Waals surface area contributed by atoms with E-state index in [4.69, 9.17) is 36.8 Å². The maximum Gasteiger partial charge on any atom is 0.318 e. The number of benzene rings is 1. The van der Waals surface area contributed by atoms with Crippen LogP contribution >= 0.6 is 11.6 Å². The summed E-state index contributed by atoms with van der Waals surface area (Å²) >= 11 is 6.80. The number of halogens is 1. The first kappa shape index (κ1) is 31.1. The van der Waals surface area contributed by atoms with Crippen LogP contribution in [0.2, 0.25) is 5.02 Å². The third-order valence-corrected chi connectivity index (χ3v) is 9.55. The van der Waals surface area contributed by atoms with Crippen molar-refractivity contribution in [2.24, 2.45) is 0 Å². The van der Waals surface area contributed by atoms with Gasteiger partial charge in [0, 0.05) is 57.0 Å². The number of carbonyl (C=O) groups excluding carboxylic acids is 1. The summed E-state index contributed by atoms with van der Waals surface area (Å²) in [6.07, 6.45) is 2.91. The second-order valence-electron chi connectivity index (χ2n) is 12.7. The second kappa shape index (κ2) is 12.1. The Kier molecular flexibility index (Phi) is 8.37. The Bertz CT molecular complexity index is 1680. The van der Waals surface area contributed by atoms with Crippen LogP contribution in [-0.4, -0.2) is 83.3 Å². The molecule has 0 saturated carbocycles. The minimum Gasteiger partial charge on any atom is -0.462 e. The van der Waals surface area contributed by atoms with Gasteiger partial charge in [0.15, 0.2) is 5.69 Å². The molecule has 0 bridgehead atoms. The van der Waals surface area contributed by atoms with E-state index in [1.165, 1.54) is 4.90 Å². The number of aryl methyl sites for hydroxylation is 1. The summed E-state index contributed by atoms with van der Waals surface area (Å²) in [4.78, 5) is 28.4. The topological polar surface area (TPSA) is 139 Å². The van der Waals surface area contributed by atoms with Gasteiger partial charge < -0.3 is 29.9 Å². The van der Waals surface area contributed by atoms with E-state index in [-0.39, 0.29) is 24.1 Å². The molecule has 6 rings (SSSR count). The lowest BCUT2D eigenvalue weighted by atomic mass is 9.69. The molecule has 2 N–H and O–H groups in total. The third-order valence-electron chi connectivity index (χ3n) is 9.16. The van der Waals surface area contributed by atoms with Crippen molar-refractivity contribution < 1.29 is 14.3 Å². The number of rotatable bonds is 6. The Balaban J connectivity index is 1.42. The van der Waals surface area contributed by atoms with Gasteiger partial charge in [-0.2, -0.15) is 20.3 Å². The summed E-state index contributed by atoms with van der Waals surface area (Å²) in [5.74, 6) is 0.768. The molecule has 1 spiro atoms. The largest absolute Gasteiger partial charge is 0.462 e. The minimum atomic E-state index is -0.732. The second-order valence-corrected chi connectivity index (χ2v) is 13.1. The van der Waals surface area contributed by atoms with Crippen molar-refractivity contribution in [3.63, 3.8) is 0 Å². The number of fused-ring (bicyclic) bond motifs is 4. The summed E-state index contributed by atoms with van der Waals surface area (Å²) < 4.78 is 14.8. The van der Waals surface area contributed by atoms with Gasteiger partial charge in [0.1, 0.15) is 24.1 Å². The van der Waals surface area contributed by atoms with Gasteiger partial charge in [-0.15, -0.1) is 0 Å². The molecule has 12 nitrogen and oxygen atoms in total. The average Bonchev–Trinajstić information content (AvgIpc) is 3.17. The van der Waals surface area contributed by atoms with Crippen molar-refractivity contribution in [1.29, 1.82) is 5.26 Å². The molecule has 2 aromatic heterocycles. The highest BCUT2D eigenvalue weighted by Gasteiger charge is 2.46. The number of ether oxygens (including phenoxy) is 2. The molecule has 1 aliphatic carbocycles. The van der Waals surface area contributed by atoms with Crippen molar-refractivity contribution in [2.75, 3.05) is 58.5 Å². The Hall–Kier alpha value is -3.92. The SMILES string of the molecule is C[C@H]1CC[C@]2(Cc3nc(OCCN(C)C)nc(N4CCCn5nc(C(=O)N(C)C)c(Cl)c5C4)c3CO2)c2c1ccc(N)c2C#N. The summed E-state index contributed by atoms with van der Waals surface area (Å²) in [5.41, 5.74) is 11.3. The van der Waals surface area contributed by atoms with Gasteiger partial charge in [0.2, 0.25) is 0 Å². The van der Waals surface area contributed by atoms with E-state index in [1.54, 1.807) is 14.1 Å². The van der Waals surface area contributed by atoms with Crippen LogP contribution in [0, 0.1) is 11.3 Å². The molecule has 0 fully saturated rings. The summed E-state index contributed by atoms with van der Waals surface area (Å²) in [5, 5.41) is 15.1. The number of nitriles is 1. The zero-order valence-corrected chi connectivity index (χ0v) is 27.3. The minimum absolute atomic E-state index is 0.235. The molecule has 2 aliphatic heterocycles. The van der Waals surface area contributed by atoms with E-state index in [0.717, 1.165) is 53.2 Å². The van der Waals surface area contributed by atoms with Crippen molar-refractivity contribution in [3.8, 4) is 12.1 Å². The van der Waals surface area contributed by atoms with Gasteiger partial charge in [0.05, 0.1) is 35.1 Å². The van der Waals surface area contributed by atoms with Crippen LogP contribution in [0.15, 0.2) is 12.1 Å². The average molecular weight is 634 g/mol. The quantitative estimate of drug-likeness (QED) is 0.400. The van der Waals surface area contributed by atoms with Gasteiger partial charge in [0.25, 0.3) is 5.91 Å². The fourth-order valence-electron chi connectivity index (χ4n) is 6.69. The molecule has 1 amide bonds. The molecule has 13 heteroatoms. The fraction of sp³-hybridized carbons (Fsp3) is 0.531. The van der Waals surface area contributed by atoms with E-state index >= 15 is 0 Å². The van der Waals surface area contributed by atoms with E-state index in [1.807, 2.05) is 35.8 Å². The first-order valence-electron chi connectivity index (χ1n) is 15.4. The predicted octanol–water partition coefficient (Wildman–Crippen LogP) is 3.70. The van der Waals surface area contributed by atoms with Crippen LogP contribution in [0.25, 0.3) is 0 Å². The number of likely N-dealkylation sites (N-methyl/N-ethyl adjacent to an activating group) is 1. The predicted molar refractivity (Wildman–Crippen MR) is 170 cm³/mol. The lowest BCUT2D eigenvalue weighted by molar-refractivity contribution is -0.0873. The number of aromatic nitrogens is 4. The highest BCUT2D eigenvalue weighted by molar-refractivity contribution is 6.34. The maximum atomic E-state index is 12.8. The standard InChI is InChI=1S/C32H40ClN9O3/c1-19-9-10-32(26-20(19)7-8-23(35)21(26)16-34)15-24-22(18-45-32)29(37-31(36-24)44-14-13-39(2)3)41-11-6-12-42-25(17-41)27(33)28(38-42)30(43)40(4)5/h7-8,19H,6,9-15,17-18,35H2,1-5H3/t19-,32-/m0/s1. The fourth-order valence-corrected chi connectivity index (χ4v) is 6.96. The lowest BCUT2D eigenvalue weighted by Crippen LogP contribution is -2.42. The number of nitrogens with two attached hydrogens (primary N) is 1. The molecule has 3 aromatic rings. The zero-order valence-electron chi connectivity index (χ0n) is 26.6. The van der Waals surface area contributed by atoms with Gasteiger partial charge in [-0.1, -0.05) is 24.6 Å². The number of hydrogen-bond acceptors (Lipinski definition) is 10. The smallest absolute Gasteiger partial charge is 0.318 e. The summed E-state index contributed by atoms with van der Waals surface area (Å²) in [6, 6.07) is 6.53. The molecule has 3 aliphatic rings. The number of amides is 1. The Morgan fingerprint density at radius 3 is 2.80 bits per heavy atom. The molecule has 238 valence electrons. The van der Waals surface area contributed by atoms with Crippen molar-refractivity contribution >= 4 is 29.0 Å². The van der Waals surface area contributed by atoms with Crippen LogP contribution in [0.3, 0.4) is 0 Å². The maximum absolute atomic E-state index is 12.8. The van der Waals surface area contributed by atoms with Gasteiger partial charge in [-0.25, -0.2) is 0 Å². The number of carbonyl (C=O) groups is 1. The number of nitrogen functional groups attached to an aromatic ring is 1. The summed E-state index contributed by atoms with van der Waals surface area (Å²) in [6.45, 7) is 5.31. The van der Waals surface area contributed by atoms with Crippen LogP contribution in [0.1, 0.15) is 76.2 Å². The van der Waals surface area contributed by atoms with Gasteiger partial charge in [-0.05, 0) is 50.9 Å². The van der Waals surface area contributed by atoms with E-state index in [0.29, 0.717) is 61.5 Å². The Morgan fingerprint density at radius 1 is 1.27 bits per heavy atom. The van der Waals surface area contributed by atoms with Crippen molar-refractivity contribution in [3.05, 3.63) is 56.5 Å². The van der Waals surface area contributed by atoms with E-state index in [9.17, 15) is 10.1 Å². The third kappa shape index (κ3) is 5.58. The first-order chi connectivity index (χ1) is 21.5. The monoisotopic (exact) mass is 633 g/mol. The van der Waals surface area contributed by atoms with Crippen LogP contribution in [0.5, 0.6) is 6.01 Å². The van der Waals surface area contributed by atoms with Crippen LogP contribution < -0.4 is 15.4 Å².